The first-order chi connectivity index (χ1) is 15.0. The molecule has 2 aromatic carbocycles. The average Bonchev–Trinajstić information content (AvgIpc) is 2.80. The van der Waals surface area contributed by atoms with E-state index in [0.29, 0.717) is 49.8 Å². The number of methoxy groups -OCH3 is 1. The number of hydrogen-bond acceptors (Lipinski definition) is 6. The molecule has 1 fully saturated rings. The normalized spacial score (nSPS) is 14.5. The molecule has 0 saturated carbocycles. The number of rotatable bonds is 9. The Morgan fingerprint density at radius 1 is 1.10 bits per heavy atom. The highest BCUT2D eigenvalue weighted by Crippen LogP contribution is 2.25. The number of ether oxygens (including phenoxy) is 2. The third kappa shape index (κ3) is 5.75. The second kappa shape index (κ2) is 10.6. The molecule has 168 valence electrons. The van der Waals surface area contributed by atoms with Gasteiger partial charge in [0.1, 0.15) is 11.5 Å². The van der Waals surface area contributed by atoms with E-state index < -0.39 is 10.0 Å². The summed E-state index contributed by atoms with van der Waals surface area (Å²) in [6, 6.07) is 13.5. The van der Waals surface area contributed by atoms with Crippen molar-refractivity contribution in [3.05, 3.63) is 54.1 Å². The summed E-state index contributed by atoms with van der Waals surface area (Å²) < 4.78 is 39.0. The predicted octanol–water partition coefficient (Wildman–Crippen LogP) is 1.72. The summed E-state index contributed by atoms with van der Waals surface area (Å²) in [5, 5.41) is 3.20. The Hall–Kier alpha value is -2.62. The lowest BCUT2D eigenvalue weighted by Crippen LogP contribution is -2.50. The molecule has 1 saturated heterocycles. The van der Waals surface area contributed by atoms with Crippen molar-refractivity contribution in [2.45, 2.75) is 18.4 Å². The molecule has 0 aromatic heterocycles. The first-order valence-electron chi connectivity index (χ1n) is 10.3. The van der Waals surface area contributed by atoms with Gasteiger partial charge >= 0.3 is 0 Å². The quantitative estimate of drug-likeness (QED) is 0.630. The van der Waals surface area contributed by atoms with Crippen LogP contribution in [0, 0.1) is 0 Å². The Balaban J connectivity index is 1.90. The van der Waals surface area contributed by atoms with Gasteiger partial charge in [-0.2, -0.15) is 4.31 Å². The summed E-state index contributed by atoms with van der Waals surface area (Å²) in [6.07, 6.45) is 0. The second-order valence-electron chi connectivity index (χ2n) is 7.12. The standard InChI is InChI=1S/C22H29N3O5S/c1-3-30-19-8-10-20(11-9-19)31(27,28)25(16-18-6-4-5-7-21(18)29-2)17-22(26)24-14-12-23-13-15-24/h4-11,23H,3,12-17H2,1-2H3. The third-order valence-electron chi connectivity index (χ3n) is 5.09. The second-order valence-corrected chi connectivity index (χ2v) is 9.06. The monoisotopic (exact) mass is 447 g/mol. The summed E-state index contributed by atoms with van der Waals surface area (Å²) in [7, 11) is -2.39. The van der Waals surface area contributed by atoms with Gasteiger partial charge in [0.05, 0.1) is 25.2 Å². The minimum Gasteiger partial charge on any atom is -0.496 e. The largest absolute Gasteiger partial charge is 0.496 e. The first-order valence-corrected chi connectivity index (χ1v) is 11.7. The van der Waals surface area contributed by atoms with Gasteiger partial charge in [0.2, 0.25) is 15.9 Å². The van der Waals surface area contributed by atoms with Crippen LogP contribution in [-0.2, 0) is 21.4 Å². The van der Waals surface area contributed by atoms with Crippen molar-refractivity contribution in [3.63, 3.8) is 0 Å². The topological polar surface area (TPSA) is 88.2 Å². The van der Waals surface area contributed by atoms with E-state index in [0.717, 1.165) is 0 Å². The molecule has 1 aliphatic heterocycles. The van der Waals surface area contributed by atoms with Gasteiger partial charge in [-0.3, -0.25) is 4.79 Å². The number of nitrogens with one attached hydrogen (secondary N) is 1. The zero-order chi connectivity index (χ0) is 22.3. The fourth-order valence-corrected chi connectivity index (χ4v) is 4.81. The first kappa shape index (κ1) is 23.1. The van der Waals surface area contributed by atoms with Crippen molar-refractivity contribution in [1.82, 2.24) is 14.5 Å². The highest BCUT2D eigenvalue weighted by Gasteiger charge is 2.30. The van der Waals surface area contributed by atoms with Crippen LogP contribution in [0.3, 0.4) is 0 Å². The Morgan fingerprint density at radius 3 is 2.42 bits per heavy atom. The third-order valence-corrected chi connectivity index (χ3v) is 6.90. The number of piperazine rings is 1. The van der Waals surface area contributed by atoms with Gasteiger partial charge in [0, 0.05) is 38.3 Å². The Morgan fingerprint density at radius 2 is 1.77 bits per heavy atom. The number of carbonyl (C=O) groups is 1. The summed E-state index contributed by atoms with van der Waals surface area (Å²) in [4.78, 5) is 14.7. The lowest BCUT2D eigenvalue weighted by Gasteiger charge is -2.30. The molecule has 2 aromatic rings. The smallest absolute Gasteiger partial charge is 0.243 e. The molecule has 1 amide bonds. The maximum absolute atomic E-state index is 13.5. The minimum atomic E-state index is -3.93. The van der Waals surface area contributed by atoms with Crippen LogP contribution in [0.5, 0.6) is 11.5 Å². The maximum atomic E-state index is 13.5. The van der Waals surface area contributed by atoms with Crippen LogP contribution in [-0.4, -0.2) is 70.0 Å². The van der Waals surface area contributed by atoms with Crippen molar-refractivity contribution in [3.8, 4) is 11.5 Å². The van der Waals surface area contributed by atoms with Crippen LogP contribution < -0.4 is 14.8 Å². The number of sulfonamides is 1. The van der Waals surface area contributed by atoms with Crippen molar-refractivity contribution in [1.29, 1.82) is 0 Å². The van der Waals surface area contributed by atoms with Gasteiger partial charge in [-0.1, -0.05) is 18.2 Å². The summed E-state index contributed by atoms with van der Waals surface area (Å²) in [6.45, 7) is 4.65. The number of benzene rings is 2. The number of nitrogens with zero attached hydrogens (tertiary/aromatic N) is 2. The van der Waals surface area contributed by atoms with Gasteiger partial charge in [-0.05, 0) is 37.3 Å². The highest BCUT2D eigenvalue weighted by molar-refractivity contribution is 7.89. The summed E-state index contributed by atoms with van der Waals surface area (Å²) in [5.41, 5.74) is 0.688. The Labute approximate surface area is 183 Å². The van der Waals surface area contributed by atoms with Crippen molar-refractivity contribution in [2.75, 3.05) is 46.4 Å². The van der Waals surface area contributed by atoms with Crippen molar-refractivity contribution >= 4 is 15.9 Å². The van der Waals surface area contributed by atoms with Gasteiger partial charge in [0.25, 0.3) is 0 Å². The molecule has 0 radical (unpaired) electrons. The molecule has 1 N–H and O–H groups in total. The zero-order valence-corrected chi connectivity index (χ0v) is 18.7. The van der Waals surface area contributed by atoms with Gasteiger partial charge in [-0.25, -0.2) is 8.42 Å². The highest BCUT2D eigenvalue weighted by atomic mass is 32.2. The zero-order valence-electron chi connectivity index (χ0n) is 17.9. The van der Waals surface area contributed by atoms with Crippen LogP contribution in [0.15, 0.2) is 53.4 Å². The summed E-state index contributed by atoms with van der Waals surface area (Å²) in [5.74, 6) is 0.949. The lowest BCUT2D eigenvalue weighted by molar-refractivity contribution is -0.132. The van der Waals surface area contributed by atoms with E-state index in [2.05, 4.69) is 5.32 Å². The summed E-state index contributed by atoms with van der Waals surface area (Å²) >= 11 is 0. The minimum absolute atomic E-state index is 0.0252. The number of hydrogen-bond donors (Lipinski definition) is 1. The van der Waals surface area contributed by atoms with Crippen LogP contribution in [0.1, 0.15) is 12.5 Å². The van der Waals surface area contributed by atoms with E-state index in [1.807, 2.05) is 19.1 Å². The van der Waals surface area contributed by atoms with E-state index in [4.69, 9.17) is 9.47 Å². The Bertz CT molecular complexity index is 973. The van der Waals surface area contributed by atoms with Crippen LogP contribution in [0.4, 0.5) is 0 Å². The fourth-order valence-electron chi connectivity index (χ4n) is 3.44. The van der Waals surface area contributed by atoms with Crippen LogP contribution >= 0.6 is 0 Å². The fraction of sp³-hybridized carbons (Fsp3) is 0.409. The molecule has 0 bridgehead atoms. The van der Waals surface area contributed by atoms with Crippen molar-refractivity contribution in [2.24, 2.45) is 0 Å². The van der Waals surface area contributed by atoms with Gasteiger partial charge in [-0.15, -0.1) is 0 Å². The Kier molecular flexibility index (Phi) is 7.89. The SMILES string of the molecule is CCOc1ccc(S(=O)(=O)N(CC(=O)N2CCNCC2)Cc2ccccc2OC)cc1. The molecule has 0 unspecified atom stereocenters. The molecule has 0 spiro atoms. The molecule has 0 aliphatic carbocycles. The number of carbonyl (C=O) groups excluding carboxylic acids is 1. The van der Waals surface area contributed by atoms with Gasteiger partial charge < -0.3 is 19.7 Å². The van der Waals surface area contributed by atoms with Crippen molar-refractivity contribution < 1.29 is 22.7 Å². The van der Waals surface area contributed by atoms with Crippen LogP contribution in [0.25, 0.3) is 0 Å². The molecule has 9 heteroatoms. The van der Waals surface area contributed by atoms with E-state index in [1.165, 1.54) is 23.5 Å². The molecule has 0 atom stereocenters. The maximum Gasteiger partial charge on any atom is 0.243 e. The van der Waals surface area contributed by atoms with E-state index in [1.54, 1.807) is 29.2 Å². The molecule has 31 heavy (non-hydrogen) atoms. The van der Waals surface area contributed by atoms with E-state index in [-0.39, 0.29) is 23.9 Å². The molecular formula is C22H29N3O5S. The van der Waals surface area contributed by atoms with E-state index >= 15 is 0 Å². The van der Waals surface area contributed by atoms with Gasteiger partial charge in [0.15, 0.2) is 0 Å². The molecule has 1 aliphatic rings. The molecule has 3 rings (SSSR count). The number of para-hydroxylation sites is 1. The lowest BCUT2D eigenvalue weighted by atomic mass is 10.2. The predicted molar refractivity (Wildman–Crippen MR) is 118 cm³/mol. The van der Waals surface area contributed by atoms with E-state index in [9.17, 15) is 13.2 Å². The molecule has 1 heterocycles. The molecule has 8 nitrogen and oxygen atoms in total. The van der Waals surface area contributed by atoms with Crippen LogP contribution in [0.2, 0.25) is 0 Å². The average molecular weight is 448 g/mol. The molecular weight excluding hydrogens is 418 g/mol. The number of amides is 1.